The van der Waals surface area contributed by atoms with Crippen molar-refractivity contribution >= 4 is 33.5 Å². The molecule has 0 saturated heterocycles. The van der Waals surface area contributed by atoms with Gasteiger partial charge in [-0.3, -0.25) is 9.59 Å². The van der Waals surface area contributed by atoms with Crippen molar-refractivity contribution < 1.29 is 14.7 Å². The van der Waals surface area contributed by atoms with Crippen molar-refractivity contribution in [2.24, 2.45) is 5.41 Å². The van der Waals surface area contributed by atoms with Gasteiger partial charge in [0, 0.05) is 6.42 Å². The summed E-state index contributed by atoms with van der Waals surface area (Å²) in [6, 6.07) is 3.50. The maximum Gasteiger partial charge on any atom is 0.303 e. The van der Waals surface area contributed by atoms with Gasteiger partial charge in [-0.2, -0.15) is 0 Å². The summed E-state index contributed by atoms with van der Waals surface area (Å²) in [5.41, 5.74) is 0.769. The van der Waals surface area contributed by atoms with Crippen LogP contribution in [-0.4, -0.2) is 22.0 Å². The van der Waals surface area contributed by atoms with Crippen molar-refractivity contribution in [1.82, 2.24) is 4.98 Å². The SMILES string of the molecule is Cc1nc(Br)ccc1NC(=O)CC(C)(C)CC(=O)O. The third-order valence-electron chi connectivity index (χ3n) is 2.59. The Hall–Kier alpha value is -1.43. The number of pyridine rings is 1. The van der Waals surface area contributed by atoms with Gasteiger partial charge in [0.05, 0.1) is 17.8 Å². The highest BCUT2D eigenvalue weighted by Gasteiger charge is 2.25. The van der Waals surface area contributed by atoms with Gasteiger partial charge in [0.25, 0.3) is 0 Å². The highest BCUT2D eigenvalue weighted by molar-refractivity contribution is 9.10. The molecule has 0 aliphatic carbocycles. The summed E-state index contributed by atoms with van der Waals surface area (Å²) in [4.78, 5) is 26.8. The van der Waals surface area contributed by atoms with Gasteiger partial charge in [-0.05, 0) is 40.4 Å². The Balaban J connectivity index is 2.67. The number of carboxylic acid groups (broad SMARTS) is 1. The van der Waals surface area contributed by atoms with Gasteiger partial charge >= 0.3 is 5.97 Å². The van der Waals surface area contributed by atoms with Crippen LogP contribution in [0, 0.1) is 12.3 Å². The number of carbonyl (C=O) groups excluding carboxylic acids is 1. The second-order valence-corrected chi connectivity index (χ2v) is 6.04. The van der Waals surface area contributed by atoms with E-state index in [0.29, 0.717) is 16.0 Å². The van der Waals surface area contributed by atoms with Gasteiger partial charge in [-0.1, -0.05) is 13.8 Å². The highest BCUT2D eigenvalue weighted by atomic mass is 79.9. The number of carboxylic acids is 1. The molecule has 1 rings (SSSR count). The molecule has 0 aromatic carbocycles. The lowest BCUT2D eigenvalue weighted by molar-refractivity contribution is -0.139. The number of rotatable bonds is 5. The molecule has 104 valence electrons. The first kappa shape index (κ1) is 15.6. The molecule has 0 bridgehead atoms. The minimum atomic E-state index is -0.903. The lowest BCUT2D eigenvalue weighted by atomic mass is 9.85. The summed E-state index contributed by atoms with van der Waals surface area (Å²) in [5.74, 6) is -1.11. The second-order valence-electron chi connectivity index (χ2n) is 5.23. The lowest BCUT2D eigenvalue weighted by Crippen LogP contribution is -2.25. The van der Waals surface area contributed by atoms with E-state index < -0.39 is 11.4 Å². The van der Waals surface area contributed by atoms with Crippen LogP contribution in [0.15, 0.2) is 16.7 Å². The van der Waals surface area contributed by atoms with Crippen molar-refractivity contribution in [3.63, 3.8) is 0 Å². The Labute approximate surface area is 120 Å². The fraction of sp³-hybridized carbons (Fsp3) is 0.462. The summed E-state index contributed by atoms with van der Waals surface area (Å²) in [6.45, 7) is 5.31. The van der Waals surface area contributed by atoms with Gasteiger partial charge in [0.2, 0.25) is 5.91 Å². The van der Waals surface area contributed by atoms with Crippen molar-refractivity contribution in [2.45, 2.75) is 33.6 Å². The number of nitrogens with one attached hydrogen (secondary N) is 1. The highest BCUT2D eigenvalue weighted by Crippen LogP contribution is 2.26. The average Bonchev–Trinajstić information content (AvgIpc) is 2.19. The van der Waals surface area contributed by atoms with Crippen LogP contribution in [0.3, 0.4) is 0 Å². The average molecular weight is 329 g/mol. The number of aromatic nitrogens is 1. The zero-order chi connectivity index (χ0) is 14.6. The minimum Gasteiger partial charge on any atom is -0.481 e. The maximum atomic E-state index is 11.9. The Morgan fingerprint density at radius 1 is 1.37 bits per heavy atom. The zero-order valence-corrected chi connectivity index (χ0v) is 12.7. The number of carbonyl (C=O) groups is 2. The fourth-order valence-corrected chi connectivity index (χ4v) is 2.16. The maximum absolute atomic E-state index is 11.9. The first-order valence-corrected chi connectivity index (χ1v) is 6.64. The van der Waals surface area contributed by atoms with Gasteiger partial charge in [0.15, 0.2) is 0 Å². The van der Waals surface area contributed by atoms with E-state index in [0.717, 1.165) is 0 Å². The molecule has 1 aromatic rings. The second kappa shape index (κ2) is 6.14. The number of hydrogen-bond donors (Lipinski definition) is 2. The standard InChI is InChI=1S/C13H17BrN2O3/c1-8-9(4-5-10(14)15-8)16-11(17)6-13(2,3)7-12(18)19/h4-5H,6-7H2,1-3H3,(H,16,17)(H,18,19). The molecule has 2 N–H and O–H groups in total. The number of anilines is 1. The number of halogens is 1. The van der Waals surface area contributed by atoms with Crippen LogP contribution in [0.2, 0.25) is 0 Å². The predicted octanol–water partition coefficient (Wildman–Crippen LogP) is 2.98. The number of hydrogen-bond acceptors (Lipinski definition) is 3. The molecule has 0 aliphatic rings. The molecule has 0 saturated carbocycles. The van der Waals surface area contributed by atoms with Crippen molar-refractivity contribution in [3.8, 4) is 0 Å². The summed E-state index contributed by atoms with van der Waals surface area (Å²) >= 11 is 3.25. The van der Waals surface area contributed by atoms with Crippen LogP contribution in [0.5, 0.6) is 0 Å². The molecular formula is C13H17BrN2O3. The van der Waals surface area contributed by atoms with Crippen LogP contribution >= 0.6 is 15.9 Å². The normalized spacial score (nSPS) is 11.2. The van der Waals surface area contributed by atoms with Gasteiger partial charge in [0.1, 0.15) is 4.60 Å². The van der Waals surface area contributed by atoms with E-state index in [1.165, 1.54) is 0 Å². The van der Waals surface area contributed by atoms with Crippen LogP contribution in [0.4, 0.5) is 5.69 Å². The predicted molar refractivity (Wildman–Crippen MR) is 76.0 cm³/mol. The van der Waals surface area contributed by atoms with Crippen LogP contribution in [0.1, 0.15) is 32.4 Å². The van der Waals surface area contributed by atoms with E-state index in [9.17, 15) is 9.59 Å². The quantitative estimate of drug-likeness (QED) is 0.814. The molecule has 0 spiro atoms. The Bertz CT molecular complexity index is 501. The van der Waals surface area contributed by atoms with Crippen LogP contribution < -0.4 is 5.32 Å². The van der Waals surface area contributed by atoms with E-state index in [2.05, 4.69) is 26.2 Å². The summed E-state index contributed by atoms with van der Waals surface area (Å²) in [7, 11) is 0. The summed E-state index contributed by atoms with van der Waals surface area (Å²) < 4.78 is 0.703. The monoisotopic (exact) mass is 328 g/mol. The Morgan fingerprint density at radius 2 is 2.00 bits per heavy atom. The van der Waals surface area contributed by atoms with E-state index >= 15 is 0 Å². The van der Waals surface area contributed by atoms with Gasteiger partial charge < -0.3 is 10.4 Å². The fourth-order valence-electron chi connectivity index (χ4n) is 1.76. The Kier molecular flexibility index (Phi) is 5.05. The van der Waals surface area contributed by atoms with E-state index in [4.69, 9.17) is 5.11 Å². The molecule has 1 amide bonds. The summed E-state index contributed by atoms with van der Waals surface area (Å²) in [5, 5.41) is 11.5. The Morgan fingerprint density at radius 3 is 2.53 bits per heavy atom. The van der Waals surface area contributed by atoms with Crippen molar-refractivity contribution in [2.75, 3.05) is 5.32 Å². The van der Waals surface area contributed by atoms with Crippen molar-refractivity contribution in [3.05, 3.63) is 22.4 Å². The molecule has 0 atom stereocenters. The van der Waals surface area contributed by atoms with Gasteiger partial charge in [-0.25, -0.2) is 4.98 Å². The number of nitrogens with zero attached hydrogens (tertiary/aromatic N) is 1. The van der Waals surface area contributed by atoms with Crippen LogP contribution in [-0.2, 0) is 9.59 Å². The molecule has 19 heavy (non-hydrogen) atoms. The largest absolute Gasteiger partial charge is 0.481 e. The molecule has 0 unspecified atom stereocenters. The third-order valence-corrected chi connectivity index (χ3v) is 3.04. The van der Waals surface area contributed by atoms with Gasteiger partial charge in [-0.15, -0.1) is 0 Å². The van der Waals surface area contributed by atoms with E-state index in [-0.39, 0.29) is 18.7 Å². The smallest absolute Gasteiger partial charge is 0.303 e. The molecule has 5 nitrogen and oxygen atoms in total. The number of aryl methyl sites for hydroxylation is 1. The lowest BCUT2D eigenvalue weighted by Gasteiger charge is -2.21. The molecule has 1 heterocycles. The summed E-state index contributed by atoms with van der Waals surface area (Å²) in [6.07, 6.45) is 0.104. The van der Waals surface area contributed by atoms with Crippen LogP contribution in [0.25, 0.3) is 0 Å². The first-order chi connectivity index (χ1) is 8.69. The molecular weight excluding hydrogens is 312 g/mol. The number of amides is 1. The molecule has 0 radical (unpaired) electrons. The molecule has 6 heteroatoms. The van der Waals surface area contributed by atoms with E-state index in [1.54, 1.807) is 32.9 Å². The zero-order valence-electron chi connectivity index (χ0n) is 11.2. The van der Waals surface area contributed by atoms with E-state index in [1.807, 2.05) is 0 Å². The molecule has 0 aliphatic heterocycles. The minimum absolute atomic E-state index is 0.0437. The molecule has 1 aromatic heterocycles. The topological polar surface area (TPSA) is 79.3 Å². The van der Waals surface area contributed by atoms with Crippen molar-refractivity contribution in [1.29, 1.82) is 0 Å². The molecule has 0 fully saturated rings. The number of aliphatic carboxylic acids is 1. The first-order valence-electron chi connectivity index (χ1n) is 5.84. The third kappa shape index (κ3) is 5.38.